The van der Waals surface area contributed by atoms with Crippen molar-refractivity contribution in [2.45, 2.75) is 38.1 Å². The van der Waals surface area contributed by atoms with Crippen molar-refractivity contribution >= 4 is 0 Å². The first-order chi connectivity index (χ1) is 6.72. The molecule has 1 heterocycles. The molecule has 0 saturated carbocycles. The Labute approximate surface area is 87.1 Å². The van der Waals surface area contributed by atoms with Crippen LogP contribution in [0.1, 0.15) is 32.6 Å². The third-order valence-corrected chi connectivity index (χ3v) is 2.99. The average Bonchev–Trinajstić information content (AvgIpc) is 2.39. The summed E-state index contributed by atoms with van der Waals surface area (Å²) in [6, 6.07) is 2.48. The first-order valence-electron chi connectivity index (χ1n) is 5.57. The van der Waals surface area contributed by atoms with Gasteiger partial charge < -0.3 is 4.90 Å². The molecule has 0 bridgehead atoms. The number of likely N-dealkylation sites (tertiary alicyclic amines) is 1. The van der Waals surface area contributed by atoms with Gasteiger partial charge in [-0.1, -0.05) is 6.92 Å². The molecule has 1 aliphatic heterocycles. The molecule has 0 amide bonds. The predicted molar refractivity (Wildman–Crippen MR) is 58.0 cm³/mol. The van der Waals surface area contributed by atoms with Crippen LogP contribution in [0, 0.1) is 11.3 Å². The van der Waals surface area contributed by atoms with E-state index in [0.717, 1.165) is 45.3 Å². The zero-order valence-electron chi connectivity index (χ0n) is 9.34. The standard InChI is InChI=1S/C11H21N3/c1-3-7-13-11(10-12)5-4-8-14(2)9-6-11/h13H,3-9H2,1-2H3. The van der Waals surface area contributed by atoms with Crippen molar-refractivity contribution in [3.05, 3.63) is 0 Å². The quantitative estimate of drug-likeness (QED) is 0.739. The summed E-state index contributed by atoms with van der Waals surface area (Å²) in [5, 5.41) is 12.7. The molecule has 0 spiro atoms. The van der Waals surface area contributed by atoms with Crippen LogP contribution in [0.25, 0.3) is 0 Å². The van der Waals surface area contributed by atoms with E-state index < -0.39 is 0 Å². The van der Waals surface area contributed by atoms with Crippen molar-refractivity contribution in [2.24, 2.45) is 0 Å². The lowest BCUT2D eigenvalue weighted by Crippen LogP contribution is -2.44. The van der Waals surface area contributed by atoms with Crippen LogP contribution < -0.4 is 5.32 Å². The number of hydrogen-bond acceptors (Lipinski definition) is 3. The molecule has 0 radical (unpaired) electrons. The van der Waals surface area contributed by atoms with E-state index in [0.29, 0.717) is 0 Å². The van der Waals surface area contributed by atoms with Gasteiger partial charge in [0.2, 0.25) is 0 Å². The molecule has 1 rings (SSSR count). The maximum Gasteiger partial charge on any atom is 0.108 e. The summed E-state index contributed by atoms with van der Waals surface area (Å²) in [6.07, 6.45) is 4.17. The van der Waals surface area contributed by atoms with Crippen LogP contribution in [0.5, 0.6) is 0 Å². The minimum atomic E-state index is -0.249. The summed E-state index contributed by atoms with van der Waals surface area (Å²) in [4.78, 5) is 2.31. The van der Waals surface area contributed by atoms with Crippen LogP contribution in [0.2, 0.25) is 0 Å². The van der Waals surface area contributed by atoms with Crippen LogP contribution in [0.15, 0.2) is 0 Å². The summed E-state index contributed by atoms with van der Waals surface area (Å²) in [5.74, 6) is 0. The zero-order valence-corrected chi connectivity index (χ0v) is 9.34. The SMILES string of the molecule is CCCNC1(C#N)CCCN(C)CC1. The summed E-state index contributed by atoms with van der Waals surface area (Å²) in [7, 11) is 2.13. The van der Waals surface area contributed by atoms with Crippen molar-refractivity contribution in [3.63, 3.8) is 0 Å². The third-order valence-electron chi connectivity index (χ3n) is 2.99. The Hall–Kier alpha value is -0.590. The van der Waals surface area contributed by atoms with Crippen molar-refractivity contribution in [3.8, 4) is 6.07 Å². The third kappa shape index (κ3) is 2.97. The van der Waals surface area contributed by atoms with Gasteiger partial charge in [0.1, 0.15) is 5.54 Å². The fourth-order valence-electron chi connectivity index (χ4n) is 1.96. The maximum absolute atomic E-state index is 9.25. The van der Waals surface area contributed by atoms with Gasteiger partial charge in [0, 0.05) is 6.54 Å². The highest BCUT2D eigenvalue weighted by atomic mass is 15.1. The molecular formula is C11H21N3. The Morgan fingerprint density at radius 3 is 2.86 bits per heavy atom. The Morgan fingerprint density at radius 2 is 2.21 bits per heavy atom. The van der Waals surface area contributed by atoms with E-state index in [1.54, 1.807) is 0 Å². The van der Waals surface area contributed by atoms with E-state index in [1.165, 1.54) is 0 Å². The smallest absolute Gasteiger partial charge is 0.108 e. The van der Waals surface area contributed by atoms with Crippen molar-refractivity contribution < 1.29 is 0 Å². The maximum atomic E-state index is 9.25. The Morgan fingerprint density at radius 1 is 1.43 bits per heavy atom. The number of nitrogens with zero attached hydrogens (tertiary/aromatic N) is 2. The molecule has 0 aromatic heterocycles. The van der Waals surface area contributed by atoms with Crippen LogP contribution >= 0.6 is 0 Å². The lowest BCUT2D eigenvalue weighted by atomic mass is 9.92. The first-order valence-corrected chi connectivity index (χ1v) is 5.57. The number of hydrogen-bond donors (Lipinski definition) is 1. The van der Waals surface area contributed by atoms with E-state index in [4.69, 9.17) is 0 Å². The highest BCUT2D eigenvalue weighted by Crippen LogP contribution is 2.21. The van der Waals surface area contributed by atoms with Crippen LogP contribution in [-0.2, 0) is 0 Å². The first kappa shape index (κ1) is 11.5. The molecule has 14 heavy (non-hydrogen) atoms. The summed E-state index contributed by atoms with van der Waals surface area (Å²) >= 11 is 0. The van der Waals surface area contributed by atoms with E-state index in [1.807, 2.05) is 0 Å². The minimum Gasteiger partial charge on any atom is -0.306 e. The molecular weight excluding hydrogens is 174 g/mol. The second-order valence-electron chi connectivity index (χ2n) is 4.28. The topological polar surface area (TPSA) is 39.1 Å². The fourth-order valence-corrected chi connectivity index (χ4v) is 1.96. The molecule has 0 aliphatic carbocycles. The molecule has 0 aromatic carbocycles. The molecule has 1 aliphatic rings. The monoisotopic (exact) mass is 195 g/mol. The highest BCUT2D eigenvalue weighted by molar-refractivity contribution is 5.08. The van der Waals surface area contributed by atoms with Gasteiger partial charge in [-0.05, 0) is 45.8 Å². The fraction of sp³-hybridized carbons (Fsp3) is 0.909. The summed E-state index contributed by atoms with van der Waals surface area (Å²) < 4.78 is 0. The molecule has 3 heteroatoms. The van der Waals surface area contributed by atoms with Crippen molar-refractivity contribution in [1.82, 2.24) is 10.2 Å². The van der Waals surface area contributed by atoms with Crippen molar-refractivity contribution in [1.29, 1.82) is 5.26 Å². The molecule has 0 aromatic rings. The van der Waals surface area contributed by atoms with Gasteiger partial charge in [-0.25, -0.2) is 0 Å². The van der Waals surface area contributed by atoms with Crippen LogP contribution in [0.3, 0.4) is 0 Å². The van der Waals surface area contributed by atoms with E-state index in [9.17, 15) is 5.26 Å². The second kappa shape index (κ2) is 5.33. The van der Waals surface area contributed by atoms with Crippen LogP contribution in [-0.4, -0.2) is 37.1 Å². The van der Waals surface area contributed by atoms with Gasteiger partial charge in [-0.2, -0.15) is 5.26 Å². The predicted octanol–water partition coefficient (Wildman–Crippen LogP) is 1.36. The van der Waals surface area contributed by atoms with E-state index >= 15 is 0 Å². The van der Waals surface area contributed by atoms with Gasteiger partial charge in [0.15, 0.2) is 0 Å². The number of nitriles is 1. The van der Waals surface area contributed by atoms with E-state index in [2.05, 4.69) is 30.3 Å². The van der Waals surface area contributed by atoms with Crippen LogP contribution in [0.4, 0.5) is 0 Å². The lowest BCUT2D eigenvalue weighted by molar-refractivity contribution is 0.327. The largest absolute Gasteiger partial charge is 0.306 e. The second-order valence-corrected chi connectivity index (χ2v) is 4.28. The summed E-state index contributed by atoms with van der Waals surface area (Å²) in [5.41, 5.74) is -0.249. The molecule has 1 fully saturated rings. The van der Waals surface area contributed by atoms with Gasteiger partial charge in [0.05, 0.1) is 6.07 Å². The number of nitrogens with one attached hydrogen (secondary N) is 1. The lowest BCUT2D eigenvalue weighted by Gasteiger charge is -2.26. The highest BCUT2D eigenvalue weighted by Gasteiger charge is 2.30. The van der Waals surface area contributed by atoms with E-state index in [-0.39, 0.29) is 5.54 Å². The Bertz CT molecular complexity index is 205. The molecule has 1 atom stereocenters. The van der Waals surface area contributed by atoms with Crippen molar-refractivity contribution in [2.75, 3.05) is 26.7 Å². The van der Waals surface area contributed by atoms with Gasteiger partial charge >= 0.3 is 0 Å². The number of rotatable bonds is 3. The molecule has 80 valence electrons. The van der Waals surface area contributed by atoms with Gasteiger partial charge in [-0.3, -0.25) is 5.32 Å². The normalized spacial score (nSPS) is 29.5. The molecule has 1 N–H and O–H groups in total. The van der Waals surface area contributed by atoms with Gasteiger partial charge in [0.25, 0.3) is 0 Å². The average molecular weight is 195 g/mol. The molecule has 3 nitrogen and oxygen atoms in total. The van der Waals surface area contributed by atoms with Gasteiger partial charge in [-0.15, -0.1) is 0 Å². The Kier molecular flexibility index (Phi) is 4.37. The Balaban J connectivity index is 2.54. The molecule has 1 saturated heterocycles. The summed E-state index contributed by atoms with van der Waals surface area (Å²) in [6.45, 7) is 5.25. The molecule has 1 unspecified atom stereocenters. The zero-order chi connectivity index (χ0) is 10.4. The minimum absolute atomic E-state index is 0.249.